The highest BCUT2D eigenvalue weighted by atomic mass is 16.4. The molecular formula is C38H55N13O10. The minimum Gasteiger partial charge on any atom is -0.480 e. The van der Waals surface area contributed by atoms with Gasteiger partial charge in [0, 0.05) is 45.5 Å². The lowest BCUT2D eigenvalue weighted by molar-refractivity contribution is -0.142. The number of rotatable bonds is 12. The van der Waals surface area contributed by atoms with E-state index in [1.165, 1.54) is 26.4 Å². The number of carbonyl (C=O) groups is 9. The van der Waals surface area contributed by atoms with Gasteiger partial charge in [0.15, 0.2) is 5.96 Å². The van der Waals surface area contributed by atoms with E-state index < -0.39 is 96.0 Å². The van der Waals surface area contributed by atoms with Gasteiger partial charge in [-0.25, -0.2) is 9.78 Å². The van der Waals surface area contributed by atoms with Gasteiger partial charge in [-0.2, -0.15) is 0 Å². The molecule has 3 rings (SSSR count). The first-order valence-corrected chi connectivity index (χ1v) is 19.7. The van der Waals surface area contributed by atoms with E-state index in [0.29, 0.717) is 11.3 Å². The molecule has 332 valence electrons. The number of amides is 8. The fraction of sp³-hybridized carbons (Fsp3) is 0.500. The second-order valence-electron chi connectivity index (χ2n) is 14.3. The van der Waals surface area contributed by atoms with Crippen LogP contribution in [0.25, 0.3) is 0 Å². The molecule has 1 fully saturated rings. The lowest BCUT2D eigenvalue weighted by Crippen LogP contribution is -2.59. The predicted octanol–water partition coefficient (Wildman–Crippen LogP) is -3.70. The molecule has 1 aliphatic heterocycles. The summed E-state index contributed by atoms with van der Waals surface area (Å²) in [6, 6.07) is 0.692. The molecular weight excluding hydrogens is 798 g/mol. The summed E-state index contributed by atoms with van der Waals surface area (Å²) in [4.78, 5) is 125. The highest BCUT2D eigenvalue weighted by Crippen LogP contribution is 2.09. The number of aromatic nitrogens is 2. The Morgan fingerprint density at radius 3 is 2.26 bits per heavy atom. The molecule has 23 nitrogen and oxygen atoms in total. The standard InChI is InChI=1S/C38H55N13O10/c1-21-32(55)49-27(37(60)61)11-7-14-42-30(53)13-12-26(48-34(57)25(47-22(2)52)10-6-15-43-38(39)40)35(58)51-29(17-24-18-41-20-45-24)36(59)50-28(16-23-8-4-3-5-9-23)33(56)44-19-31(54)46-21/h3-5,8-9,18,20-21,25-29H,6-7,10-17,19H2,1-2H3,(H,41,45)(H,42,53)(H,44,56)(H,46,54)(H,47,52)(H,48,57)(H,49,55)(H,50,59)(H,51,58)(H,60,61)(H4,39,40,43)/t21-,25?,26?,27?,28?,29-/m0/s1. The van der Waals surface area contributed by atoms with E-state index in [0.717, 1.165) is 0 Å². The Labute approximate surface area is 351 Å². The van der Waals surface area contributed by atoms with Gasteiger partial charge in [0.2, 0.25) is 47.3 Å². The monoisotopic (exact) mass is 853 g/mol. The minimum absolute atomic E-state index is 0.0251. The maximum atomic E-state index is 14.1. The first kappa shape index (κ1) is 48.3. The number of carbonyl (C=O) groups excluding carboxylic acids is 8. The molecule has 0 saturated carbocycles. The number of carboxylic acid groups (broad SMARTS) is 1. The van der Waals surface area contributed by atoms with Gasteiger partial charge < -0.3 is 63.7 Å². The number of benzene rings is 1. The Morgan fingerprint density at radius 1 is 0.902 bits per heavy atom. The van der Waals surface area contributed by atoms with Crippen LogP contribution in [0.2, 0.25) is 0 Å². The Morgan fingerprint density at radius 2 is 1.61 bits per heavy atom. The van der Waals surface area contributed by atoms with Gasteiger partial charge in [-0.15, -0.1) is 0 Å². The quantitative estimate of drug-likeness (QED) is 0.0556. The van der Waals surface area contributed by atoms with E-state index in [-0.39, 0.29) is 70.4 Å². The minimum atomic E-state index is -1.46. The van der Waals surface area contributed by atoms with Crippen LogP contribution in [0.5, 0.6) is 0 Å². The number of guanidine groups is 1. The van der Waals surface area contributed by atoms with Crippen LogP contribution < -0.4 is 53.6 Å². The molecule has 6 atom stereocenters. The third kappa shape index (κ3) is 17.8. The summed E-state index contributed by atoms with van der Waals surface area (Å²) in [6.07, 6.45) is 2.28. The van der Waals surface area contributed by atoms with Crippen molar-refractivity contribution in [3.05, 3.63) is 54.1 Å². The van der Waals surface area contributed by atoms with E-state index in [1.807, 2.05) is 0 Å². The van der Waals surface area contributed by atoms with Gasteiger partial charge in [-0.3, -0.25) is 43.8 Å². The second kappa shape index (κ2) is 24.8. The van der Waals surface area contributed by atoms with Gasteiger partial charge in [0.25, 0.3) is 0 Å². The molecule has 61 heavy (non-hydrogen) atoms. The molecule has 1 aromatic heterocycles. The number of aliphatic carboxylic acids is 1. The zero-order chi connectivity index (χ0) is 44.9. The number of imidazole rings is 1. The van der Waals surface area contributed by atoms with Crippen molar-refractivity contribution in [2.75, 3.05) is 19.6 Å². The molecule has 14 N–H and O–H groups in total. The van der Waals surface area contributed by atoms with E-state index in [4.69, 9.17) is 11.1 Å². The number of nitrogens with one attached hydrogen (secondary N) is 11. The van der Waals surface area contributed by atoms with Crippen molar-refractivity contribution in [3.8, 4) is 0 Å². The molecule has 0 radical (unpaired) electrons. The molecule has 1 saturated heterocycles. The summed E-state index contributed by atoms with van der Waals surface area (Å²) in [6.45, 7) is 2.07. The number of hydrogen-bond acceptors (Lipinski definition) is 11. The number of aromatic amines is 1. The number of hydrogen-bond donors (Lipinski definition) is 13. The molecule has 23 heteroatoms. The largest absolute Gasteiger partial charge is 0.480 e. The molecule has 4 unspecified atom stereocenters. The van der Waals surface area contributed by atoms with Crippen molar-refractivity contribution in [1.29, 1.82) is 5.41 Å². The van der Waals surface area contributed by atoms with Gasteiger partial charge in [-0.05, 0) is 44.6 Å². The molecule has 1 aromatic carbocycles. The maximum absolute atomic E-state index is 14.1. The van der Waals surface area contributed by atoms with E-state index in [1.54, 1.807) is 30.3 Å². The summed E-state index contributed by atoms with van der Waals surface area (Å²) < 4.78 is 0. The van der Waals surface area contributed by atoms with E-state index >= 15 is 0 Å². The van der Waals surface area contributed by atoms with Crippen LogP contribution in [-0.4, -0.2) is 130 Å². The fourth-order valence-electron chi connectivity index (χ4n) is 6.11. The van der Waals surface area contributed by atoms with Crippen LogP contribution in [0.4, 0.5) is 0 Å². The molecule has 0 spiro atoms. The maximum Gasteiger partial charge on any atom is 0.326 e. The van der Waals surface area contributed by atoms with Crippen molar-refractivity contribution < 1.29 is 48.3 Å². The van der Waals surface area contributed by atoms with Gasteiger partial charge in [0.05, 0.1) is 18.6 Å². The van der Waals surface area contributed by atoms with E-state index in [9.17, 15) is 48.3 Å². The second-order valence-corrected chi connectivity index (χ2v) is 14.3. The topological polar surface area (TPSA) is 361 Å². The zero-order valence-electron chi connectivity index (χ0n) is 33.9. The zero-order valence-corrected chi connectivity index (χ0v) is 33.9. The average Bonchev–Trinajstić information content (AvgIpc) is 3.73. The van der Waals surface area contributed by atoms with Crippen molar-refractivity contribution >= 4 is 59.2 Å². The van der Waals surface area contributed by atoms with Crippen LogP contribution in [0.1, 0.15) is 63.6 Å². The van der Waals surface area contributed by atoms with Crippen molar-refractivity contribution in [3.63, 3.8) is 0 Å². The average molecular weight is 854 g/mol. The van der Waals surface area contributed by atoms with Crippen LogP contribution in [0.15, 0.2) is 42.9 Å². The third-order valence-corrected chi connectivity index (χ3v) is 9.29. The van der Waals surface area contributed by atoms with Crippen LogP contribution in [-0.2, 0) is 56.0 Å². The number of H-pyrrole nitrogens is 1. The summed E-state index contributed by atoms with van der Waals surface area (Å²) in [5.74, 6) is -7.71. The number of nitrogens with two attached hydrogens (primary N) is 1. The SMILES string of the molecule is CC(=O)NC(CCCNC(=N)N)C(=O)NC1CCC(=O)NCCCC(C(=O)O)NC(=O)[C@H](C)NC(=O)CNC(=O)C(Cc2ccccc2)NC(=O)[C@H](Cc2c[nH]cn2)NC1=O. The molecule has 1 aliphatic rings. The highest BCUT2D eigenvalue weighted by molar-refractivity contribution is 5.97. The normalized spacial score (nSPS) is 22.0. The first-order chi connectivity index (χ1) is 29.0. The lowest BCUT2D eigenvalue weighted by Gasteiger charge is -2.26. The highest BCUT2D eigenvalue weighted by Gasteiger charge is 2.33. The fourth-order valence-corrected chi connectivity index (χ4v) is 6.11. The molecule has 0 bridgehead atoms. The Balaban J connectivity index is 1.98. The van der Waals surface area contributed by atoms with E-state index in [2.05, 4.69) is 57.8 Å². The lowest BCUT2D eigenvalue weighted by atomic mass is 10.0. The summed E-state index contributed by atoms with van der Waals surface area (Å²) in [5.41, 5.74) is 6.30. The number of carboxylic acids is 1. The molecule has 0 aliphatic carbocycles. The Kier molecular flexibility index (Phi) is 19.6. The smallest absolute Gasteiger partial charge is 0.326 e. The van der Waals surface area contributed by atoms with Crippen molar-refractivity contribution in [1.82, 2.24) is 57.8 Å². The molecule has 8 amide bonds. The van der Waals surface area contributed by atoms with Gasteiger partial charge >= 0.3 is 5.97 Å². The summed E-state index contributed by atoms with van der Waals surface area (Å²) in [5, 5.41) is 39.8. The molecule has 2 aromatic rings. The molecule has 2 heterocycles. The summed E-state index contributed by atoms with van der Waals surface area (Å²) >= 11 is 0. The van der Waals surface area contributed by atoms with Gasteiger partial charge in [-0.1, -0.05) is 30.3 Å². The van der Waals surface area contributed by atoms with Gasteiger partial charge in [0.1, 0.15) is 36.3 Å². The predicted molar refractivity (Wildman–Crippen MR) is 217 cm³/mol. The van der Waals surface area contributed by atoms with Crippen LogP contribution >= 0.6 is 0 Å². The van der Waals surface area contributed by atoms with Crippen LogP contribution in [0, 0.1) is 5.41 Å². The Hall–Kier alpha value is -7.07. The van der Waals surface area contributed by atoms with Crippen LogP contribution in [0.3, 0.4) is 0 Å². The third-order valence-electron chi connectivity index (χ3n) is 9.29. The number of nitrogens with zero attached hydrogens (tertiary/aromatic N) is 1. The Bertz CT molecular complexity index is 1860. The van der Waals surface area contributed by atoms with Crippen molar-refractivity contribution in [2.24, 2.45) is 5.73 Å². The summed E-state index contributed by atoms with van der Waals surface area (Å²) in [7, 11) is 0. The van der Waals surface area contributed by atoms with Crippen molar-refractivity contribution in [2.45, 2.75) is 101 Å². The first-order valence-electron chi connectivity index (χ1n) is 19.7.